The second kappa shape index (κ2) is 7.01. The summed E-state index contributed by atoms with van der Waals surface area (Å²) in [6.45, 7) is 2.81. The zero-order valence-corrected chi connectivity index (χ0v) is 13.7. The topological polar surface area (TPSA) is 61.9 Å². The largest absolute Gasteiger partial charge is 0.495 e. The number of terminal acetylenes is 1. The van der Waals surface area contributed by atoms with Gasteiger partial charge in [-0.3, -0.25) is 0 Å². The Morgan fingerprint density at radius 1 is 1.32 bits per heavy atom. The second-order valence-corrected chi connectivity index (χ2v) is 7.07. The highest BCUT2D eigenvalue weighted by Gasteiger charge is 2.28. The van der Waals surface area contributed by atoms with E-state index in [9.17, 15) is 8.42 Å². The summed E-state index contributed by atoms with van der Waals surface area (Å²) in [6.07, 6.45) is 5.22. The number of anilines is 1. The molecule has 1 aliphatic heterocycles. The van der Waals surface area contributed by atoms with Crippen molar-refractivity contribution in [1.29, 1.82) is 0 Å². The molecule has 7 heteroatoms. The van der Waals surface area contributed by atoms with Crippen LogP contribution < -0.4 is 10.1 Å². The lowest BCUT2D eigenvalue weighted by molar-refractivity contribution is 0.222. The highest BCUT2D eigenvalue weighted by atomic mass is 32.2. The first-order valence-electron chi connectivity index (χ1n) is 7.03. The van der Waals surface area contributed by atoms with Crippen LogP contribution in [-0.2, 0) is 10.0 Å². The van der Waals surface area contributed by atoms with E-state index in [1.54, 1.807) is 12.1 Å². The lowest BCUT2D eigenvalue weighted by Crippen LogP contribution is -2.47. The molecule has 120 valence electrons. The van der Waals surface area contributed by atoms with E-state index < -0.39 is 10.0 Å². The van der Waals surface area contributed by atoms with E-state index in [-0.39, 0.29) is 4.90 Å². The van der Waals surface area contributed by atoms with Gasteiger partial charge in [-0.1, -0.05) is 5.92 Å². The van der Waals surface area contributed by atoms with Gasteiger partial charge in [0.1, 0.15) is 5.75 Å². The summed E-state index contributed by atoms with van der Waals surface area (Å²) in [5, 5.41) is 3.00. The number of rotatable bonds is 5. The SMILES string of the molecule is C#CCNc1ccc(S(=O)(=O)N2CCN(C)CC2)cc1OC. The Bertz CT molecular complexity index is 659. The number of hydrogen-bond donors (Lipinski definition) is 1. The molecule has 1 heterocycles. The Balaban J connectivity index is 2.26. The van der Waals surface area contributed by atoms with Crippen molar-refractivity contribution in [1.82, 2.24) is 9.21 Å². The molecule has 1 aromatic rings. The third kappa shape index (κ3) is 3.53. The Morgan fingerprint density at radius 3 is 2.59 bits per heavy atom. The minimum absolute atomic E-state index is 0.236. The molecular weight excluding hydrogens is 302 g/mol. The highest BCUT2D eigenvalue weighted by molar-refractivity contribution is 7.89. The van der Waals surface area contributed by atoms with Crippen LogP contribution in [0.4, 0.5) is 5.69 Å². The van der Waals surface area contributed by atoms with Gasteiger partial charge in [-0.25, -0.2) is 8.42 Å². The number of likely N-dealkylation sites (N-methyl/N-ethyl adjacent to an activating group) is 1. The molecule has 2 rings (SSSR count). The number of nitrogens with zero attached hydrogens (tertiary/aromatic N) is 2. The fraction of sp³-hybridized carbons (Fsp3) is 0.467. The van der Waals surface area contributed by atoms with E-state index in [1.807, 2.05) is 7.05 Å². The molecule has 0 aliphatic carbocycles. The van der Waals surface area contributed by atoms with Gasteiger partial charge in [-0.05, 0) is 19.2 Å². The first-order valence-corrected chi connectivity index (χ1v) is 8.47. The summed E-state index contributed by atoms with van der Waals surface area (Å²) in [5.41, 5.74) is 0.678. The molecule has 0 radical (unpaired) electrons. The van der Waals surface area contributed by atoms with Crippen LogP contribution in [0.3, 0.4) is 0 Å². The van der Waals surface area contributed by atoms with Gasteiger partial charge >= 0.3 is 0 Å². The molecule has 0 atom stereocenters. The maximum Gasteiger partial charge on any atom is 0.243 e. The van der Waals surface area contributed by atoms with Crippen LogP contribution in [0.1, 0.15) is 0 Å². The maximum absolute atomic E-state index is 12.7. The average Bonchev–Trinajstić information content (AvgIpc) is 2.53. The van der Waals surface area contributed by atoms with Gasteiger partial charge in [-0.15, -0.1) is 6.42 Å². The van der Waals surface area contributed by atoms with E-state index in [0.29, 0.717) is 31.1 Å². The fourth-order valence-electron chi connectivity index (χ4n) is 2.30. The first-order chi connectivity index (χ1) is 10.5. The average molecular weight is 323 g/mol. The number of ether oxygens (including phenoxy) is 1. The van der Waals surface area contributed by atoms with Crippen molar-refractivity contribution in [2.45, 2.75) is 4.90 Å². The van der Waals surface area contributed by atoms with Crippen LogP contribution in [-0.4, -0.2) is 64.5 Å². The lowest BCUT2D eigenvalue weighted by Gasteiger charge is -2.31. The molecule has 1 N–H and O–H groups in total. The molecule has 1 aliphatic rings. The summed E-state index contributed by atoms with van der Waals surface area (Å²) >= 11 is 0. The zero-order valence-electron chi connectivity index (χ0n) is 12.9. The molecule has 0 saturated carbocycles. The van der Waals surface area contributed by atoms with E-state index in [4.69, 9.17) is 11.2 Å². The zero-order chi connectivity index (χ0) is 16.2. The summed E-state index contributed by atoms with van der Waals surface area (Å²) in [4.78, 5) is 2.35. The third-order valence-corrected chi connectivity index (χ3v) is 5.55. The number of methoxy groups -OCH3 is 1. The fourth-order valence-corrected chi connectivity index (χ4v) is 3.74. The van der Waals surface area contributed by atoms with Crippen LogP contribution in [0.5, 0.6) is 5.75 Å². The standard InChI is InChI=1S/C15H21N3O3S/c1-4-7-16-14-6-5-13(12-15(14)21-3)22(19,20)18-10-8-17(2)9-11-18/h1,5-6,12,16H,7-11H2,2-3H3. The molecular formula is C15H21N3O3S. The quantitative estimate of drug-likeness (QED) is 0.807. The predicted octanol–water partition coefficient (Wildman–Crippen LogP) is 0.676. The van der Waals surface area contributed by atoms with E-state index >= 15 is 0 Å². The van der Waals surface area contributed by atoms with Gasteiger partial charge in [0.2, 0.25) is 10.0 Å². The van der Waals surface area contributed by atoms with Crippen molar-refractivity contribution in [2.24, 2.45) is 0 Å². The molecule has 0 aromatic heterocycles. The molecule has 0 bridgehead atoms. The van der Waals surface area contributed by atoms with Gasteiger partial charge in [0.05, 0.1) is 24.2 Å². The van der Waals surface area contributed by atoms with Crippen molar-refractivity contribution in [3.63, 3.8) is 0 Å². The number of benzene rings is 1. The van der Waals surface area contributed by atoms with Crippen molar-refractivity contribution in [3.8, 4) is 18.1 Å². The Kier molecular flexibility index (Phi) is 5.29. The van der Waals surface area contributed by atoms with Gasteiger partial charge in [0.15, 0.2) is 0 Å². The van der Waals surface area contributed by atoms with Crippen molar-refractivity contribution >= 4 is 15.7 Å². The maximum atomic E-state index is 12.7. The van der Waals surface area contributed by atoms with Crippen molar-refractivity contribution < 1.29 is 13.2 Å². The molecule has 0 spiro atoms. The Hall–Kier alpha value is -1.75. The van der Waals surface area contributed by atoms with Gasteiger partial charge in [0, 0.05) is 32.2 Å². The van der Waals surface area contributed by atoms with Crippen LogP contribution in [0.2, 0.25) is 0 Å². The van der Waals surface area contributed by atoms with E-state index in [2.05, 4.69) is 16.1 Å². The number of nitrogens with one attached hydrogen (secondary N) is 1. The van der Waals surface area contributed by atoms with Crippen LogP contribution >= 0.6 is 0 Å². The first kappa shape index (κ1) is 16.6. The van der Waals surface area contributed by atoms with Crippen molar-refractivity contribution in [3.05, 3.63) is 18.2 Å². The number of hydrogen-bond acceptors (Lipinski definition) is 5. The minimum Gasteiger partial charge on any atom is -0.495 e. The smallest absolute Gasteiger partial charge is 0.243 e. The summed E-state index contributed by atoms with van der Waals surface area (Å²) < 4.78 is 32.1. The third-order valence-electron chi connectivity index (χ3n) is 3.65. The number of piperazine rings is 1. The summed E-state index contributed by atoms with van der Waals surface area (Å²) in [6, 6.07) is 4.79. The normalized spacial score (nSPS) is 17.0. The van der Waals surface area contributed by atoms with Crippen LogP contribution in [0, 0.1) is 12.3 Å². The molecule has 1 saturated heterocycles. The van der Waals surface area contributed by atoms with E-state index in [1.165, 1.54) is 17.5 Å². The van der Waals surface area contributed by atoms with E-state index in [0.717, 1.165) is 13.1 Å². The molecule has 0 amide bonds. The van der Waals surface area contributed by atoms with Crippen molar-refractivity contribution in [2.75, 3.05) is 52.2 Å². The second-order valence-electron chi connectivity index (χ2n) is 5.13. The number of sulfonamides is 1. The molecule has 22 heavy (non-hydrogen) atoms. The predicted molar refractivity (Wildman–Crippen MR) is 86.6 cm³/mol. The lowest BCUT2D eigenvalue weighted by atomic mass is 10.3. The molecule has 1 aromatic carbocycles. The minimum atomic E-state index is -3.50. The summed E-state index contributed by atoms with van der Waals surface area (Å²) in [7, 11) is -0.00908. The molecule has 1 fully saturated rings. The highest BCUT2D eigenvalue weighted by Crippen LogP contribution is 2.29. The molecule has 6 nitrogen and oxygen atoms in total. The molecule has 0 unspecified atom stereocenters. The van der Waals surface area contributed by atoms with Crippen LogP contribution in [0.15, 0.2) is 23.1 Å². The Labute approximate surface area is 132 Å². The summed E-state index contributed by atoms with van der Waals surface area (Å²) in [5.74, 6) is 2.93. The Morgan fingerprint density at radius 2 is 2.00 bits per heavy atom. The van der Waals surface area contributed by atoms with Gasteiger partial charge in [0.25, 0.3) is 0 Å². The monoisotopic (exact) mass is 323 g/mol. The van der Waals surface area contributed by atoms with Gasteiger partial charge < -0.3 is 15.0 Å². The van der Waals surface area contributed by atoms with Crippen LogP contribution in [0.25, 0.3) is 0 Å². The van der Waals surface area contributed by atoms with Gasteiger partial charge in [-0.2, -0.15) is 4.31 Å².